The van der Waals surface area contributed by atoms with Crippen LogP contribution in [0.15, 0.2) is 59.6 Å². The van der Waals surface area contributed by atoms with Crippen LogP contribution < -0.4 is 9.64 Å². The number of ether oxygens (including phenoxy) is 1. The zero-order valence-electron chi connectivity index (χ0n) is 16.3. The lowest BCUT2D eigenvalue weighted by Gasteiger charge is -2.36. The van der Waals surface area contributed by atoms with Crippen molar-refractivity contribution in [1.82, 2.24) is 0 Å². The summed E-state index contributed by atoms with van der Waals surface area (Å²) in [5, 5.41) is 10.4. The van der Waals surface area contributed by atoms with Crippen LogP contribution in [0.4, 0.5) is 5.69 Å². The van der Waals surface area contributed by atoms with E-state index in [0.717, 1.165) is 23.5 Å². The SMILES string of the molecule is C[C@H]1CCC[C@H](C)[NH+]1C[C@H](O)COc1ccc(N=Cc2ccccc2)cc1. The standard InChI is InChI=1S/C23H30N2O2/c1-18-7-6-8-19(2)25(18)16-22(26)17-27-23-13-11-21(12-14-23)24-15-20-9-4-3-5-10-20/h3-5,9-15,18-19,22,26H,6-8,16-17H2,1-2H3/p+1/t18-,19-,22-/m0/s1. The molecule has 2 aromatic rings. The molecule has 0 aliphatic carbocycles. The van der Waals surface area contributed by atoms with Gasteiger partial charge in [-0.25, -0.2) is 0 Å². The van der Waals surface area contributed by atoms with Crippen LogP contribution in [0.25, 0.3) is 0 Å². The Balaban J connectivity index is 1.47. The van der Waals surface area contributed by atoms with Gasteiger partial charge in [-0.2, -0.15) is 0 Å². The molecule has 1 aliphatic rings. The maximum absolute atomic E-state index is 10.4. The van der Waals surface area contributed by atoms with Crippen LogP contribution in [0.5, 0.6) is 5.75 Å². The third-order valence-electron chi connectivity index (χ3n) is 5.45. The molecule has 144 valence electrons. The number of aliphatic hydroxyl groups is 1. The summed E-state index contributed by atoms with van der Waals surface area (Å²) < 4.78 is 5.78. The number of hydrogen-bond donors (Lipinski definition) is 2. The molecule has 4 nitrogen and oxygen atoms in total. The first-order chi connectivity index (χ1) is 13.1. The summed E-state index contributed by atoms with van der Waals surface area (Å²) in [7, 11) is 0. The van der Waals surface area contributed by atoms with Crippen molar-refractivity contribution in [3.63, 3.8) is 0 Å². The molecule has 0 aromatic heterocycles. The molecule has 0 bridgehead atoms. The van der Waals surface area contributed by atoms with Gasteiger partial charge in [0.15, 0.2) is 0 Å². The van der Waals surface area contributed by atoms with Gasteiger partial charge in [-0.15, -0.1) is 0 Å². The third-order valence-corrected chi connectivity index (χ3v) is 5.45. The molecule has 0 unspecified atom stereocenters. The van der Waals surface area contributed by atoms with E-state index < -0.39 is 6.10 Å². The van der Waals surface area contributed by atoms with Crippen LogP contribution in [0.3, 0.4) is 0 Å². The quantitative estimate of drug-likeness (QED) is 0.739. The first-order valence-electron chi connectivity index (χ1n) is 9.97. The fourth-order valence-electron chi connectivity index (χ4n) is 3.83. The summed E-state index contributed by atoms with van der Waals surface area (Å²) in [6.07, 6.45) is 5.20. The average molecular weight is 368 g/mol. The largest absolute Gasteiger partial charge is 0.491 e. The zero-order chi connectivity index (χ0) is 19.1. The Labute approximate surface area is 162 Å². The molecule has 0 saturated carbocycles. The molecule has 1 aliphatic heterocycles. The number of rotatable bonds is 7. The molecular formula is C23H31N2O2+. The lowest BCUT2D eigenvalue weighted by Crippen LogP contribution is -3.20. The van der Waals surface area contributed by atoms with Crippen LogP contribution in [0, 0.1) is 0 Å². The second kappa shape index (κ2) is 9.67. The molecule has 3 rings (SSSR count). The number of aliphatic hydroxyl groups excluding tert-OH is 1. The normalized spacial score (nSPS) is 22.0. The molecule has 4 heteroatoms. The van der Waals surface area contributed by atoms with Gasteiger partial charge in [0.05, 0.1) is 17.8 Å². The molecule has 2 aromatic carbocycles. The fraction of sp³-hybridized carbons (Fsp3) is 0.435. The van der Waals surface area contributed by atoms with Gasteiger partial charge in [0.2, 0.25) is 0 Å². The predicted molar refractivity (Wildman–Crippen MR) is 110 cm³/mol. The van der Waals surface area contributed by atoms with Gasteiger partial charge in [-0.3, -0.25) is 4.99 Å². The summed E-state index contributed by atoms with van der Waals surface area (Å²) in [6.45, 7) is 5.65. The highest BCUT2D eigenvalue weighted by molar-refractivity contribution is 5.81. The molecule has 27 heavy (non-hydrogen) atoms. The van der Waals surface area contributed by atoms with Crippen molar-refractivity contribution in [3.05, 3.63) is 60.2 Å². The van der Waals surface area contributed by atoms with E-state index >= 15 is 0 Å². The van der Waals surface area contributed by atoms with E-state index in [9.17, 15) is 5.11 Å². The minimum absolute atomic E-state index is 0.329. The van der Waals surface area contributed by atoms with E-state index in [1.807, 2.05) is 60.8 Å². The molecule has 1 fully saturated rings. The predicted octanol–water partition coefficient (Wildman–Crippen LogP) is 3.02. The van der Waals surface area contributed by atoms with Crippen LogP contribution in [0.2, 0.25) is 0 Å². The number of hydrogen-bond acceptors (Lipinski definition) is 3. The van der Waals surface area contributed by atoms with Gasteiger partial charge >= 0.3 is 0 Å². The van der Waals surface area contributed by atoms with Gasteiger partial charge in [0, 0.05) is 6.21 Å². The van der Waals surface area contributed by atoms with E-state index in [-0.39, 0.29) is 0 Å². The topological polar surface area (TPSA) is 46.3 Å². The number of aliphatic imine (C=N–C) groups is 1. The maximum atomic E-state index is 10.4. The highest BCUT2D eigenvalue weighted by Gasteiger charge is 2.30. The van der Waals surface area contributed by atoms with Crippen molar-refractivity contribution >= 4 is 11.9 Å². The van der Waals surface area contributed by atoms with E-state index in [0.29, 0.717) is 18.7 Å². The van der Waals surface area contributed by atoms with Crippen LogP contribution >= 0.6 is 0 Å². The van der Waals surface area contributed by atoms with Crippen molar-refractivity contribution in [3.8, 4) is 5.75 Å². The molecule has 1 saturated heterocycles. The number of piperidine rings is 1. The molecular weight excluding hydrogens is 336 g/mol. The van der Waals surface area contributed by atoms with Crippen molar-refractivity contribution in [2.75, 3.05) is 13.2 Å². The summed E-state index contributed by atoms with van der Waals surface area (Å²) in [4.78, 5) is 5.98. The Morgan fingerprint density at radius 1 is 1.07 bits per heavy atom. The smallest absolute Gasteiger partial charge is 0.137 e. The van der Waals surface area contributed by atoms with Crippen molar-refractivity contribution in [2.24, 2.45) is 4.99 Å². The molecule has 0 amide bonds. The lowest BCUT2D eigenvalue weighted by molar-refractivity contribution is -0.954. The van der Waals surface area contributed by atoms with E-state index in [2.05, 4.69) is 18.8 Å². The first-order valence-corrected chi connectivity index (χ1v) is 9.97. The summed E-state index contributed by atoms with van der Waals surface area (Å²) >= 11 is 0. The highest BCUT2D eigenvalue weighted by Crippen LogP contribution is 2.18. The monoisotopic (exact) mass is 367 g/mol. The number of benzene rings is 2. The van der Waals surface area contributed by atoms with E-state index in [1.165, 1.54) is 24.2 Å². The summed E-state index contributed by atoms with van der Waals surface area (Å²) in [5.74, 6) is 0.766. The van der Waals surface area contributed by atoms with Crippen LogP contribution in [-0.4, -0.2) is 42.7 Å². The maximum Gasteiger partial charge on any atom is 0.137 e. The molecule has 3 atom stereocenters. The second-order valence-corrected chi connectivity index (χ2v) is 7.64. The van der Waals surface area contributed by atoms with Crippen molar-refractivity contribution in [2.45, 2.75) is 51.3 Å². The molecule has 0 spiro atoms. The minimum Gasteiger partial charge on any atom is -0.491 e. The lowest BCUT2D eigenvalue weighted by atomic mass is 9.97. The number of nitrogens with one attached hydrogen (secondary N) is 1. The first kappa shape index (κ1) is 19.6. The molecule has 0 radical (unpaired) electrons. The fourth-order valence-corrected chi connectivity index (χ4v) is 3.83. The average Bonchev–Trinajstić information content (AvgIpc) is 2.69. The molecule has 1 heterocycles. The van der Waals surface area contributed by atoms with Gasteiger partial charge in [-0.1, -0.05) is 30.3 Å². The van der Waals surface area contributed by atoms with Crippen molar-refractivity contribution in [1.29, 1.82) is 0 Å². The third kappa shape index (κ3) is 5.91. The van der Waals surface area contributed by atoms with Gasteiger partial charge in [0.25, 0.3) is 0 Å². The number of likely N-dealkylation sites (tertiary alicyclic amines) is 1. The van der Waals surface area contributed by atoms with Gasteiger partial charge < -0.3 is 14.7 Å². The molecule has 2 N–H and O–H groups in total. The Hall–Kier alpha value is -2.17. The highest BCUT2D eigenvalue weighted by atomic mass is 16.5. The Morgan fingerprint density at radius 2 is 1.74 bits per heavy atom. The zero-order valence-corrected chi connectivity index (χ0v) is 16.3. The Kier molecular flexibility index (Phi) is 7.02. The summed E-state index contributed by atoms with van der Waals surface area (Å²) in [5.41, 5.74) is 1.96. The Morgan fingerprint density at radius 3 is 2.41 bits per heavy atom. The second-order valence-electron chi connectivity index (χ2n) is 7.64. The van der Waals surface area contributed by atoms with Crippen LogP contribution in [-0.2, 0) is 0 Å². The van der Waals surface area contributed by atoms with E-state index in [1.54, 1.807) is 0 Å². The Bertz CT molecular complexity index is 705. The minimum atomic E-state index is -0.446. The van der Waals surface area contributed by atoms with Crippen LogP contribution in [0.1, 0.15) is 38.7 Å². The summed E-state index contributed by atoms with van der Waals surface area (Å²) in [6, 6.07) is 18.9. The van der Waals surface area contributed by atoms with Gasteiger partial charge in [0.1, 0.15) is 25.0 Å². The number of quaternary nitrogens is 1. The van der Waals surface area contributed by atoms with Crippen molar-refractivity contribution < 1.29 is 14.7 Å². The number of nitrogens with zero attached hydrogens (tertiary/aromatic N) is 1. The van der Waals surface area contributed by atoms with Gasteiger partial charge in [-0.05, 0) is 62.9 Å². The van der Waals surface area contributed by atoms with E-state index in [4.69, 9.17) is 4.74 Å².